The van der Waals surface area contributed by atoms with Crippen LogP contribution in [0, 0.1) is 6.92 Å². The lowest BCUT2D eigenvalue weighted by Gasteiger charge is -2.27. The summed E-state index contributed by atoms with van der Waals surface area (Å²) in [6, 6.07) is 9.26. The largest absolute Gasteiger partial charge is 0.493 e. The van der Waals surface area contributed by atoms with Crippen molar-refractivity contribution in [2.24, 2.45) is 0 Å². The average molecular weight is 499 g/mol. The Morgan fingerprint density at radius 2 is 1.74 bits per heavy atom. The minimum Gasteiger partial charge on any atom is -0.493 e. The maximum absolute atomic E-state index is 13.2. The first-order valence-corrected chi connectivity index (χ1v) is 12.2. The molecule has 0 aromatic heterocycles. The molecule has 1 N–H and O–H groups in total. The van der Waals surface area contributed by atoms with E-state index in [0.29, 0.717) is 39.9 Å². The molecule has 35 heavy (non-hydrogen) atoms. The van der Waals surface area contributed by atoms with Crippen LogP contribution < -0.4 is 19.7 Å². The third-order valence-electron chi connectivity index (χ3n) is 5.84. The fourth-order valence-electron chi connectivity index (χ4n) is 3.84. The van der Waals surface area contributed by atoms with Crippen molar-refractivity contribution in [3.8, 4) is 11.5 Å². The highest BCUT2D eigenvalue weighted by atomic mass is 35.5. The fraction of sp³-hybridized carbons (Fsp3) is 0.370. The third-order valence-corrected chi connectivity index (χ3v) is 6.25. The molecule has 0 spiro atoms. The molecule has 0 bridgehead atoms. The van der Waals surface area contributed by atoms with E-state index in [4.69, 9.17) is 21.1 Å². The van der Waals surface area contributed by atoms with Crippen LogP contribution in [0.5, 0.6) is 11.5 Å². The number of halogens is 1. The van der Waals surface area contributed by atoms with E-state index in [2.05, 4.69) is 12.2 Å². The summed E-state index contributed by atoms with van der Waals surface area (Å²) in [5.74, 6) is -0.411. The smallest absolute Gasteiger partial charge is 0.335 e. The molecule has 2 aromatic carbocycles. The first-order valence-electron chi connectivity index (χ1n) is 11.8. The number of amides is 4. The van der Waals surface area contributed by atoms with Gasteiger partial charge in [-0.15, -0.1) is 0 Å². The summed E-state index contributed by atoms with van der Waals surface area (Å²) in [5, 5.41) is 2.64. The molecule has 4 amide bonds. The van der Waals surface area contributed by atoms with Crippen molar-refractivity contribution in [3.05, 3.63) is 58.1 Å². The van der Waals surface area contributed by atoms with Crippen LogP contribution in [-0.4, -0.2) is 31.6 Å². The number of methoxy groups -OCH3 is 1. The highest BCUT2D eigenvalue weighted by Crippen LogP contribution is 2.32. The molecule has 2 aromatic rings. The molecular formula is C27H31ClN2O5. The first-order chi connectivity index (χ1) is 16.9. The molecule has 8 heteroatoms. The van der Waals surface area contributed by atoms with Crippen molar-refractivity contribution in [2.45, 2.75) is 52.4 Å². The number of nitrogens with one attached hydrogen (secondary N) is 1. The second kappa shape index (κ2) is 12.4. The highest BCUT2D eigenvalue weighted by Gasteiger charge is 2.37. The van der Waals surface area contributed by atoms with Crippen molar-refractivity contribution in [3.63, 3.8) is 0 Å². The van der Waals surface area contributed by atoms with E-state index in [1.165, 1.54) is 38.9 Å². The number of carbonyl (C=O) groups excluding carboxylic acids is 3. The van der Waals surface area contributed by atoms with Crippen LogP contribution >= 0.6 is 11.6 Å². The number of urea groups is 1. The van der Waals surface area contributed by atoms with E-state index in [0.717, 1.165) is 17.7 Å². The maximum Gasteiger partial charge on any atom is 0.335 e. The molecule has 1 aliphatic rings. The Hall–Kier alpha value is -3.32. The number of unbranched alkanes of at least 4 members (excludes halogenated alkanes) is 5. The Morgan fingerprint density at radius 1 is 1.00 bits per heavy atom. The van der Waals surface area contributed by atoms with Crippen molar-refractivity contribution in [2.75, 3.05) is 18.6 Å². The Kier molecular flexibility index (Phi) is 9.32. The van der Waals surface area contributed by atoms with Crippen molar-refractivity contribution >= 4 is 41.2 Å². The zero-order chi connectivity index (χ0) is 25.4. The number of benzene rings is 2. The summed E-state index contributed by atoms with van der Waals surface area (Å²) in [7, 11) is 1.53. The number of carbonyl (C=O) groups is 3. The molecule has 0 aliphatic carbocycles. The van der Waals surface area contributed by atoms with Gasteiger partial charge in [-0.05, 0) is 54.8 Å². The molecule has 1 aliphatic heterocycles. The van der Waals surface area contributed by atoms with Crippen LogP contribution in [0.15, 0.2) is 42.0 Å². The monoisotopic (exact) mass is 498 g/mol. The summed E-state index contributed by atoms with van der Waals surface area (Å²) >= 11 is 6.17. The van der Waals surface area contributed by atoms with Crippen molar-refractivity contribution in [1.29, 1.82) is 0 Å². The van der Waals surface area contributed by atoms with E-state index in [1.54, 1.807) is 43.3 Å². The van der Waals surface area contributed by atoms with Crippen LogP contribution in [0.3, 0.4) is 0 Å². The minimum absolute atomic E-state index is 0.174. The number of nitrogens with zero attached hydrogens (tertiary/aromatic N) is 1. The van der Waals surface area contributed by atoms with Gasteiger partial charge < -0.3 is 9.47 Å². The number of anilines is 1. The molecule has 0 unspecified atom stereocenters. The molecule has 7 nitrogen and oxygen atoms in total. The second-order valence-corrected chi connectivity index (χ2v) is 8.78. The molecule has 0 saturated carbocycles. The van der Waals surface area contributed by atoms with Gasteiger partial charge in [-0.3, -0.25) is 14.9 Å². The van der Waals surface area contributed by atoms with Crippen LogP contribution in [0.2, 0.25) is 5.02 Å². The Labute approximate surface area is 211 Å². The van der Waals surface area contributed by atoms with Gasteiger partial charge in [0.25, 0.3) is 11.8 Å². The number of barbiturate groups is 1. The van der Waals surface area contributed by atoms with E-state index in [9.17, 15) is 14.4 Å². The maximum atomic E-state index is 13.2. The number of imide groups is 2. The average Bonchev–Trinajstić information content (AvgIpc) is 2.84. The molecule has 3 rings (SSSR count). The SMILES string of the molecule is CCCCCCCCOc1ccc(/C=C2/C(=O)NC(=O)N(c3cccc(Cl)c3C)C2=O)cc1OC. The summed E-state index contributed by atoms with van der Waals surface area (Å²) < 4.78 is 11.3. The van der Waals surface area contributed by atoms with Crippen LogP contribution in [0.4, 0.5) is 10.5 Å². The van der Waals surface area contributed by atoms with Gasteiger partial charge in [0.2, 0.25) is 0 Å². The zero-order valence-electron chi connectivity index (χ0n) is 20.4. The van der Waals surface area contributed by atoms with E-state index in [1.807, 2.05) is 0 Å². The van der Waals surface area contributed by atoms with Gasteiger partial charge in [-0.1, -0.05) is 62.8 Å². The lowest BCUT2D eigenvalue weighted by atomic mass is 10.1. The van der Waals surface area contributed by atoms with Gasteiger partial charge in [0.05, 0.1) is 19.4 Å². The first kappa shape index (κ1) is 26.3. The minimum atomic E-state index is -0.821. The van der Waals surface area contributed by atoms with E-state index in [-0.39, 0.29) is 5.57 Å². The molecular weight excluding hydrogens is 468 g/mol. The molecule has 186 valence electrons. The lowest BCUT2D eigenvalue weighted by Crippen LogP contribution is -2.54. The fourth-order valence-corrected chi connectivity index (χ4v) is 4.01. The summed E-state index contributed by atoms with van der Waals surface area (Å²) in [4.78, 5) is 39.1. The molecule has 1 saturated heterocycles. The van der Waals surface area contributed by atoms with Crippen LogP contribution in [0.1, 0.15) is 56.6 Å². The van der Waals surface area contributed by atoms with Gasteiger partial charge in [0.15, 0.2) is 11.5 Å². The Morgan fingerprint density at radius 3 is 2.49 bits per heavy atom. The van der Waals surface area contributed by atoms with Gasteiger partial charge in [0, 0.05) is 5.02 Å². The predicted octanol–water partition coefficient (Wildman–Crippen LogP) is 6.06. The lowest BCUT2D eigenvalue weighted by molar-refractivity contribution is -0.122. The van der Waals surface area contributed by atoms with Gasteiger partial charge in [-0.25, -0.2) is 9.69 Å². The summed E-state index contributed by atoms with van der Waals surface area (Å²) in [6.07, 6.45) is 8.43. The number of rotatable bonds is 11. The number of ether oxygens (including phenoxy) is 2. The third kappa shape index (κ3) is 6.42. The van der Waals surface area contributed by atoms with Crippen LogP contribution in [-0.2, 0) is 9.59 Å². The van der Waals surface area contributed by atoms with Gasteiger partial charge in [-0.2, -0.15) is 0 Å². The van der Waals surface area contributed by atoms with Crippen molar-refractivity contribution < 1.29 is 23.9 Å². The predicted molar refractivity (Wildman–Crippen MR) is 137 cm³/mol. The van der Waals surface area contributed by atoms with E-state index >= 15 is 0 Å². The molecule has 0 atom stereocenters. The summed E-state index contributed by atoms with van der Waals surface area (Å²) in [5.41, 5.74) is 1.26. The van der Waals surface area contributed by atoms with E-state index < -0.39 is 17.8 Å². The topological polar surface area (TPSA) is 84.9 Å². The number of hydrogen-bond acceptors (Lipinski definition) is 5. The second-order valence-electron chi connectivity index (χ2n) is 8.37. The molecule has 1 fully saturated rings. The Bertz CT molecular complexity index is 1130. The normalized spacial score (nSPS) is 14.9. The van der Waals surface area contributed by atoms with Crippen LogP contribution in [0.25, 0.3) is 6.08 Å². The summed E-state index contributed by atoms with van der Waals surface area (Å²) in [6.45, 7) is 4.48. The quantitative estimate of drug-likeness (QED) is 0.231. The molecule has 1 heterocycles. The Balaban J connectivity index is 1.77. The molecule has 0 radical (unpaired) electrons. The van der Waals surface area contributed by atoms with Crippen molar-refractivity contribution in [1.82, 2.24) is 5.32 Å². The van der Waals surface area contributed by atoms with Gasteiger partial charge in [0.1, 0.15) is 5.57 Å². The standard InChI is InChI=1S/C27H31ClN2O5/c1-4-5-6-7-8-9-15-35-23-14-13-19(17-24(23)34-3)16-20-25(31)29-27(33)30(26(20)32)22-12-10-11-21(28)18(22)2/h10-14,16-17H,4-9,15H2,1-3H3,(H,29,31,33)/b20-16-. The highest BCUT2D eigenvalue weighted by molar-refractivity contribution is 6.39. The van der Waals surface area contributed by atoms with Gasteiger partial charge >= 0.3 is 6.03 Å². The number of hydrogen-bond donors (Lipinski definition) is 1. The zero-order valence-corrected chi connectivity index (χ0v) is 21.1.